The number of aromatic nitrogens is 5. The lowest BCUT2D eigenvalue weighted by molar-refractivity contribution is 0.0700. The maximum atomic E-state index is 13.9. The van der Waals surface area contributed by atoms with Gasteiger partial charge < -0.3 is 34.8 Å². The van der Waals surface area contributed by atoms with Gasteiger partial charge in [-0.1, -0.05) is 0 Å². The maximum absolute atomic E-state index is 13.9. The molecule has 12 heteroatoms. The lowest BCUT2D eigenvalue weighted by atomic mass is 9.86. The van der Waals surface area contributed by atoms with E-state index in [1.54, 1.807) is 13.2 Å². The van der Waals surface area contributed by atoms with E-state index in [4.69, 9.17) is 20.4 Å². The third-order valence-electron chi connectivity index (χ3n) is 11.0. The van der Waals surface area contributed by atoms with Crippen LogP contribution < -0.4 is 21.3 Å². The van der Waals surface area contributed by atoms with Gasteiger partial charge in [-0.25, -0.2) is 9.97 Å². The molecule has 2 amide bonds. The smallest absolute Gasteiger partial charge is 0.254 e. The zero-order chi connectivity index (χ0) is 32.7. The van der Waals surface area contributed by atoms with E-state index in [0.29, 0.717) is 53.6 Å². The van der Waals surface area contributed by atoms with Gasteiger partial charge in [0.05, 0.1) is 18.3 Å². The molecular formula is C36H38N8O4. The van der Waals surface area contributed by atoms with E-state index in [2.05, 4.69) is 31.6 Å². The van der Waals surface area contributed by atoms with E-state index in [1.807, 2.05) is 29.3 Å². The van der Waals surface area contributed by atoms with Crippen LogP contribution in [-0.2, 0) is 6.54 Å². The number of benzene rings is 1. The SMILES string of the molecule is COc1cc(C(=O)N2CC3CCC2[C@@H]3N)cc2nc(-c3cc4cccnc4n3CC3CC3)n(C3CC(NC(=O)c4cc[nH]c(=O)c4)C3)c12. The largest absolute Gasteiger partial charge is 0.494 e. The number of carbonyl (C=O) groups is 2. The van der Waals surface area contributed by atoms with Crippen molar-refractivity contribution in [1.29, 1.82) is 0 Å². The molecule has 3 atom stereocenters. The Morgan fingerprint density at radius 1 is 1.08 bits per heavy atom. The van der Waals surface area contributed by atoms with Gasteiger partial charge in [0.2, 0.25) is 5.56 Å². The van der Waals surface area contributed by atoms with E-state index in [-0.39, 0.29) is 41.5 Å². The highest BCUT2D eigenvalue weighted by Gasteiger charge is 2.47. The number of likely N-dealkylation sites (tertiary alicyclic amines) is 1. The van der Waals surface area contributed by atoms with E-state index in [1.165, 1.54) is 25.1 Å². The van der Waals surface area contributed by atoms with Gasteiger partial charge in [-0.2, -0.15) is 0 Å². The third kappa shape index (κ3) is 4.72. The van der Waals surface area contributed by atoms with Gasteiger partial charge in [0.1, 0.15) is 16.9 Å². The van der Waals surface area contributed by atoms with Gasteiger partial charge in [0.25, 0.3) is 11.8 Å². The van der Waals surface area contributed by atoms with Crippen LogP contribution >= 0.6 is 0 Å². The summed E-state index contributed by atoms with van der Waals surface area (Å²) in [7, 11) is 1.63. The summed E-state index contributed by atoms with van der Waals surface area (Å²) in [5.74, 6) is 2.03. The number of fused-ring (bicyclic) bond motifs is 4. The molecule has 1 saturated heterocycles. The number of amides is 2. The summed E-state index contributed by atoms with van der Waals surface area (Å²) < 4.78 is 10.5. The Bertz CT molecular complexity index is 2160. The normalized spacial score (nSPS) is 24.7. The molecule has 0 radical (unpaired) electrons. The van der Waals surface area contributed by atoms with E-state index < -0.39 is 0 Å². The van der Waals surface area contributed by atoms with Crippen LogP contribution in [0.4, 0.5) is 0 Å². The molecule has 2 unspecified atom stereocenters. The van der Waals surface area contributed by atoms with Crippen molar-refractivity contribution in [2.24, 2.45) is 17.6 Å². The molecule has 9 rings (SSSR count). The van der Waals surface area contributed by atoms with Crippen molar-refractivity contribution in [3.05, 3.63) is 76.3 Å². The quantitative estimate of drug-likeness (QED) is 0.232. The molecule has 4 N–H and O–H groups in total. The Balaban J connectivity index is 1.13. The molecule has 4 aromatic heterocycles. The minimum Gasteiger partial charge on any atom is -0.494 e. The average Bonchev–Trinajstić information content (AvgIpc) is 3.42. The van der Waals surface area contributed by atoms with E-state index in [9.17, 15) is 14.4 Å². The van der Waals surface area contributed by atoms with E-state index in [0.717, 1.165) is 47.5 Å². The molecular weight excluding hydrogens is 608 g/mol. The summed E-state index contributed by atoms with van der Waals surface area (Å²) in [5.41, 5.74) is 10.4. The maximum Gasteiger partial charge on any atom is 0.254 e. The number of carbonyl (C=O) groups excluding carboxylic acids is 2. The lowest BCUT2D eigenvalue weighted by Gasteiger charge is -2.38. The van der Waals surface area contributed by atoms with Gasteiger partial charge >= 0.3 is 0 Å². The van der Waals surface area contributed by atoms with Crippen molar-refractivity contribution in [1.82, 2.24) is 34.3 Å². The molecule has 1 aromatic carbocycles. The minimum absolute atomic E-state index is 0.0117. The highest BCUT2D eigenvalue weighted by molar-refractivity contribution is 6.00. The fraction of sp³-hybridized carbons (Fsp3) is 0.417. The van der Waals surface area contributed by atoms with Gasteiger partial charge in [-0.05, 0) is 86.8 Å². The zero-order valence-corrected chi connectivity index (χ0v) is 26.8. The Labute approximate surface area is 276 Å². The number of nitrogens with one attached hydrogen (secondary N) is 2. The fourth-order valence-electron chi connectivity index (χ4n) is 8.24. The molecule has 48 heavy (non-hydrogen) atoms. The highest BCUT2D eigenvalue weighted by Crippen LogP contribution is 2.44. The standard InChI is InChI=1S/C36H38N8O4/c1-48-29-13-23(36(47)43-18-22-6-7-27(43)31(22)37)11-26-32(29)44(25-15-24(16-25)40-35(46)21-8-10-38-30(45)14-21)34(41-26)28-12-20-3-2-9-39-33(20)42(28)17-19-4-5-19/h2-3,8-14,19,22,24-25,27,31H,4-7,15-18,37H2,1H3,(H,38,45)(H,40,46)/t22?,24?,25?,27?,31-/m1/s1. The highest BCUT2D eigenvalue weighted by atomic mass is 16.5. The number of nitrogens with two attached hydrogens (primary N) is 1. The summed E-state index contributed by atoms with van der Waals surface area (Å²) in [5, 5.41) is 4.14. The predicted octanol–water partition coefficient (Wildman–Crippen LogP) is 3.86. The monoisotopic (exact) mass is 646 g/mol. The van der Waals surface area contributed by atoms with Crippen LogP contribution in [0, 0.1) is 11.8 Å². The Morgan fingerprint density at radius 3 is 2.67 bits per heavy atom. The van der Waals surface area contributed by atoms with Crippen LogP contribution in [0.1, 0.15) is 65.3 Å². The number of imidazole rings is 1. The number of ether oxygens (including phenoxy) is 1. The molecule has 1 aliphatic heterocycles. The molecule has 5 aromatic rings. The molecule has 2 bridgehead atoms. The summed E-state index contributed by atoms with van der Waals surface area (Å²) >= 11 is 0. The second-order valence-corrected chi connectivity index (χ2v) is 14.0. The first-order valence-electron chi connectivity index (χ1n) is 17.0. The first kappa shape index (κ1) is 29.2. The number of H-pyrrole nitrogens is 1. The van der Waals surface area contributed by atoms with Gasteiger partial charge in [0, 0.05) is 72.2 Å². The fourth-order valence-corrected chi connectivity index (χ4v) is 8.24. The molecule has 4 fully saturated rings. The number of nitrogens with zero attached hydrogens (tertiary/aromatic N) is 5. The van der Waals surface area contributed by atoms with Gasteiger partial charge in [0.15, 0.2) is 5.82 Å². The number of methoxy groups -OCH3 is 1. The molecule has 12 nitrogen and oxygen atoms in total. The van der Waals surface area contributed by atoms with Gasteiger partial charge in [-0.3, -0.25) is 14.4 Å². The van der Waals surface area contributed by atoms with Crippen molar-refractivity contribution in [2.45, 2.75) is 69.2 Å². The summed E-state index contributed by atoms with van der Waals surface area (Å²) in [6.45, 7) is 1.54. The van der Waals surface area contributed by atoms with Crippen LogP contribution in [0.15, 0.2) is 59.7 Å². The second kappa shape index (κ2) is 11.0. The predicted molar refractivity (Wildman–Crippen MR) is 180 cm³/mol. The van der Waals surface area contributed by atoms with Crippen LogP contribution in [0.25, 0.3) is 33.6 Å². The first-order valence-corrected chi connectivity index (χ1v) is 17.0. The van der Waals surface area contributed by atoms with E-state index >= 15 is 0 Å². The molecule has 5 heterocycles. The van der Waals surface area contributed by atoms with Crippen LogP contribution in [-0.4, -0.2) is 72.6 Å². The number of rotatable bonds is 8. The average molecular weight is 647 g/mol. The number of hydrogen-bond acceptors (Lipinski definition) is 7. The van der Waals surface area contributed by atoms with Crippen molar-refractivity contribution in [2.75, 3.05) is 13.7 Å². The Morgan fingerprint density at radius 2 is 1.94 bits per heavy atom. The Kier molecular flexibility index (Phi) is 6.72. The van der Waals surface area contributed by atoms with Crippen LogP contribution in [0.2, 0.25) is 0 Å². The van der Waals surface area contributed by atoms with Gasteiger partial charge in [-0.15, -0.1) is 0 Å². The van der Waals surface area contributed by atoms with Crippen LogP contribution in [0.3, 0.4) is 0 Å². The van der Waals surface area contributed by atoms with Crippen LogP contribution in [0.5, 0.6) is 5.75 Å². The lowest BCUT2D eigenvalue weighted by Crippen LogP contribution is -2.45. The number of pyridine rings is 2. The molecule has 246 valence electrons. The number of hydrogen-bond donors (Lipinski definition) is 3. The third-order valence-corrected chi connectivity index (χ3v) is 11.0. The molecule has 3 saturated carbocycles. The topological polar surface area (TPSA) is 153 Å². The molecule has 3 aliphatic carbocycles. The van der Waals surface area contributed by atoms with Crippen molar-refractivity contribution in [3.8, 4) is 17.3 Å². The minimum atomic E-state index is -0.315. The number of aromatic amines is 1. The summed E-state index contributed by atoms with van der Waals surface area (Å²) in [4.78, 5) is 53.2. The first-order chi connectivity index (χ1) is 23.4. The molecule has 0 spiro atoms. The second-order valence-electron chi connectivity index (χ2n) is 14.0. The van der Waals surface area contributed by atoms with Crippen molar-refractivity contribution < 1.29 is 14.3 Å². The van der Waals surface area contributed by atoms with Crippen molar-refractivity contribution >= 4 is 33.9 Å². The van der Waals surface area contributed by atoms with Crippen molar-refractivity contribution in [3.63, 3.8) is 0 Å². The summed E-state index contributed by atoms with van der Waals surface area (Å²) in [6, 6.07) is 12.9. The molecule has 4 aliphatic rings. The zero-order valence-electron chi connectivity index (χ0n) is 26.8. The Hall–Kier alpha value is -4.97. The number of piperidine rings is 1. The summed E-state index contributed by atoms with van der Waals surface area (Å²) in [6.07, 6.45) is 9.06.